The number of hydrogen-bond donors (Lipinski definition) is 1. The van der Waals surface area contributed by atoms with Crippen LogP contribution in [0.2, 0.25) is 5.02 Å². The minimum atomic E-state index is -0.431. The molecule has 4 aromatic rings. The van der Waals surface area contributed by atoms with Crippen LogP contribution in [-0.2, 0) is 43.2 Å². The summed E-state index contributed by atoms with van der Waals surface area (Å²) in [6.45, 7) is 2.70. The zero-order valence-corrected chi connectivity index (χ0v) is 22.6. The number of aliphatic hydroxyl groups excluding tert-OH is 1. The van der Waals surface area contributed by atoms with Gasteiger partial charge in [-0.3, -0.25) is 4.68 Å². The molecule has 0 fully saturated rings. The second-order valence-electron chi connectivity index (χ2n) is 8.90. The summed E-state index contributed by atoms with van der Waals surface area (Å²) in [6.07, 6.45) is 1.06. The molecule has 0 aliphatic rings. The molecule has 8 nitrogen and oxygen atoms in total. The number of fused-ring (bicyclic) bond motifs is 1. The lowest BCUT2D eigenvalue weighted by atomic mass is 9.98. The highest BCUT2D eigenvalue weighted by molar-refractivity contribution is 6.35. The summed E-state index contributed by atoms with van der Waals surface area (Å²) in [5.74, 6) is 0.362. The van der Waals surface area contributed by atoms with Gasteiger partial charge in [-0.1, -0.05) is 29.8 Å². The molecule has 0 saturated heterocycles. The van der Waals surface area contributed by atoms with Crippen molar-refractivity contribution in [3.63, 3.8) is 0 Å². The molecule has 0 bridgehead atoms. The number of carbonyl (C=O) groups is 1. The molecule has 0 atom stereocenters. The second kappa shape index (κ2) is 11.4. The number of nitrogens with zero attached hydrogens (tertiary/aromatic N) is 3. The molecule has 9 heteroatoms. The minimum absolute atomic E-state index is 0.0227. The first-order valence-electron chi connectivity index (χ1n) is 12.0. The molecule has 4 rings (SSSR count). The number of aliphatic hydroxyl groups is 1. The van der Waals surface area contributed by atoms with Crippen LogP contribution in [0.15, 0.2) is 36.4 Å². The summed E-state index contributed by atoms with van der Waals surface area (Å²) in [4.78, 5) is 12.8. The molecule has 0 aliphatic heterocycles. The highest BCUT2D eigenvalue weighted by Crippen LogP contribution is 2.42. The first-order chi connectivity index (χ1) is 17.8. The monoisotopic (exact) mass is 525 g/mol. The normalized spacial score (nSPS) is 11.3. The van der Waals surface area contributed by atoms with Crippen molar-refractivity contribution in [3.8, 4) is 16.9 Å². The van der Waals surface area contributed by atoms with Gasteiger partial charge in [0.15, 0.2) is 0 Å². The van der Waals surface area contributed by atoms with Gasteiger partial charge in [-0.25, -0.2) is 4.79 Å². The molecule has 1 N–H and O–H groups in total. The van der Waals surface area contributed by atoms with E-state index in [9.17, 15) is 9.90 Å². The number of aryl methyl sites for hydroxylation is 3. The van der Waals surface area contributed by atoms with E-state index < -0.39 is 5.97 Å². The number of halogens is 1. The van der Waals surface area contributed by atoms with E-state index >= 15 is 0 Å². The van der Waals surface area contributed by atoms with E-state index in [1.54, 1.807) is 7.11 Å². The topological polar surface area (TPSA) is 87.7 Å². The van der Waals surface area contributed by atoms with Crippen molar-refractivity contribution >= 4 is 28.5 Å². The smallest absolute Gasteiger partial charge is 0.354 e. The number of benzene rings is 2. The molecule has 0 spiro atoms. The molecule has 2 aromatic heterocycles. The summed E-state index contributed by atoms with van der Waals surface area (Å²) in [7, 11) is 6.73. The number of carbonyl (C=O) groups excluding carboxylic acids is 1. The molecule has 0 saturated carbocycles. The summed E-state index contributed by atoms with van der Waals surface area (Å²) in [6, 6.07) is 11.5. The van der Waals surface area contributed by atoms with Crippen molar-refractivity contribution in [1.29, 1.82) is 0 Å². The number of aromatic nitrogens is 3. The molecular formula is C28H32ClN3O5. The van der Waals surface area contributed by atoms with Crippen LogP contribution in [0.5, 0.6) is 5.75 Å². The van der Waals surface area contributed by atoms with E-state index in [0.29, 0.717) is 30.2 Å². The van der Waals surface area contributed by atoms with Crippen molar-refractivity contribution in [1.82, 2.24) is 14.3 Å². The second-order valence-corrected chi connectivity index (χ2v) is 9.30. The largest absolute Gasteiger partial charge is 0.497 e. The Morgan fingerprint density at radius 2 is 1.78 bits per heavy atom. The molecule has 0 aliphatic carbocycles. The number of esters is 1. The van der Waals surface area contributed by atoms with E-state index in [-0.39, 0.29) is 13.2 Å². The average molecular weight is 526 g/mol. The maximum absolute atomic E-state index is 12.8. The SMILES string of the molecule is COC(=O)c1c(CCCO)c2ccc(Cl)c(-c3c(COCc4ccc(OC)cc4)nn(C)c3C)c2n1C. The summed E-state index contributed by atoms with van der Waals surface area (Å²) < 4.78 is 20.0. The lowest BCUT2D eigenvalue weighted by Gasteiger charge is -2.12. The minimum Gasteiger partial charge on any atom is -0.497 e. The van der Waals surface area contributed by atoms with Crippen molar-refractivity contribution < 1.29 is 24.1 Å². The summed E-state index contributed by atoms with van der Waals surface area (Å²) in [5.41, 5.74) is 6.45. The zero-order valence-electron chi connectivity index (χ0n) is 21.8. The van der Waals surface area contributed by atoms with Crippen LogP contribution in [-0.4, -0.2) is 46.2 Å². The third-order valence-corrected chi connectivity index (χ3v) is 7.01. The molecule has 37 heavy (non-hydrogen) atoms. The Morgan fingerprint density at radius 1 is 1.05 bits per heavy atom. The highest BCUT2D eigenvalue weighted by atomic mass is 35.5. The van der Waals surface area contributed by atoms with Gasteiger partial charge >= 0.3 is 5.97 Å². The average Bonchev–Trinajstić information content (AvgIpc) is 3.34. The molecule has 0 unspecified atom stereocenters. The third-order valence-electron chi connectivity index (χ3n) is 6.70. The Labute approximate surface area is 221 Å². The van der Waals surface area contributed by atoms with E-state index in [1.165, 1.54) is 7.11 Å². The Bertz CT molecular complexity index is 1420. The molecule has 0 amide bonds. The van der Waals surface area contributed by atoms with Gasteiger partial charge in [0.05, 0.1) is 43.7 Å². The number of ether oxygens (including phenoxy) is 3. The lowest BCUT2D eigenvalue weighted by molar-refractivity contribution is 0.0589. The van der Waals surface area contributed by atoms with Crippen LogP contribution >= 0.6 is 11.6 Å². The lowest BCUT2D eigenvalue weighted by Crippen LogP contribution is -2.10. The fourth-order valence-electron chi connectivity index (χ4n) is 4.79. The van der Waals surface area contributed by atoms with Crippen molar-refractivity contribution in [2.24, 2.45) is 14.1 Å². The predicted molar refractivity (Wildman–Crippen MR) is 143 cm³/mol. The third kappa shape index (κ3) is 5.09. The fourth-order valence-corrected chi connectivity index (χ4v) is 5.04. The number of rotatable bonds is 10. The number of methoxy groups -OCH3 is 2. The Morgan fingerprint density at radius 3 is 2.43 bits per heavy atom. The Hall–Kier alpha value is -3.33. The molecule has 2 heterocycles. The quantitative estimate of drug-likeness (QED) is 0.294. The van der Waals surface area contributed by atoms with Crippen LogP contribution in [0.4, 0.5) is 0 Å². The summed E-state index contributed by atoms with van der Waals surface area (Å²) in [5, 5.41) is 15.6. The van der Waals surface area contributed by atoms with Crippen LogP contribution < -0.4 is 4.74 Å². The van der Waals surface area contributed by atoms with Gasteiger partial charge in [0.1, 0.15) is 11.4 Å². The van der Waals surface area contributed by atoms with Gasteiger partial charge in [0, 0.05) is 42.9 Å². The first kappa shape index (κ1) is 26.7. The van der Waals surface area contributed by atoms with Gasteiger partial charge in [-0.05, 0) is 49.1 Å². The van der Waals surface area contributed by atoms with Crippen molar-refractivity contribution in [3.05, 3.63) is 69.6 Å². The molecular weight excluding hydrogens is 494 g/mol. The zero-order chi connectivity index (χ0) is 26.7. The van der Waals surface area contributed by atoms with Crippen LogP contribution in [0, 0.1) is 6.92 Å². The van der Waals surface area contributed by atoms with Crippen molar-refractivity contribution in [2.45, 2.75) is 33.0 Å². The number of hydrogen-bond acceptors (Lipinski definition) is 6. The molecule has 0 radical (unpaired) electrons. The standard InChI is InChI=1S/C28H32ClN3O5/c1-17-24(23(30-32(17)3)16-37-15-18-8-10-19(35-4)11-9-18)25-22(29)13-12-21-20(7-6-14-33)27(28(34)36-5)31(2)26(21)25/h8-13,33H,6-7,14-16H2,1-5H3. The predicted octanol–water partition coefficient (Wildman–Crippen LogP) is 4.98. The maximum Gasteiger partial charge on any atom is 0.354 e. The van der Waals surface area contributed by atoms with Gasteiger partial charge in [-0.15, -0.1) is 0 Å². The Kier molecular flexibility index (Phi) is 8.22. The van der Waals surface area contributed by atoms with E-state index in [2.05, 4.69) is 0 Å². The highest BCUT2D eigenvalue weighted by Gasteiger charge is 2.27. The van der Waals surface area contributed by atoms with Crippen LogP contribution in [0.3, 0.4) is 0 Å². The summed E-state index contributed by atoms with van der Waals surface area (Å²) >= 11 is 6.84. The van der Waals surface area contributed by atoms with Crippen LogP contribution in [0.25, 0.3) is 22.0 Å². The Balaban J connectivity index is 1.80. The molecule has 196 valence electrons. The van der Waals surface area contributed by atoms with E-state index in [0.717, 1.165) is 50.3 Å². The van der Waals surface area contributed by atoms with Gasteiger partial charge in [0.2, 0.25) is 0 Å². The van der Waals surface area contributed by atoms with E-state index in [4.69, 9.17) is 30.9 Å². The van der Waals surface area contributed by atoms with Crippen LogP contribution in [0.1, 0.15) is 39.4 Å². The molecule has 2 aromatic carbocycles. The fraction of sp³-hybridized carbons (Fsp3) is 0.357. The first-order valence-corrected chi connectivity index (χ1v) is 12.4. The van der Waals surface area contributed by atoms with Gasteiger partial charge < -0.3 is 23.9 Å². The van der Waals surface area contributed by atoms with Gasteiger partial charge in [0.25, 0.3) is 0 Å². The van der Waals surface area contributed by atoms with Crippen molar-refractivity contribution in [2.75, 3.05) is 20.8 Å². The van der Waals surface area contributed by atoms with E-state index in [1.807, 2.05) is 66.7 Å². The van der Waals surface area contributed by atoms with Gasteiger partial charge in [-0.2, -0.15) is 5.10 Å². The maximum atomic E-state index is 12.8.